The highest BCUT2D eigenvalue weighted by atomic mass is 31.1. The molecule has 0 aliphatic heterocycles. The summed E-state index contributed by atoms with van der Waals surface area (Å²) in [5.74, 6) is -2.01. The molecule has 0 bridgehead atoms. The number of carboxylic acid groups (broad SMARTS) is 1. The van der Waals surface area contributed by atoms with E-state index in [1.165, 1.54) is 0 Å². The van der Waals surface area contributed by atoms with Gasteiger partial charge in [-0.2, -0.15) is 0 Å². The fourth-order valence-electron chi connectivity index (χ4n) is 0.484. The molecule has 4 N–H and O–H groups in total. The maximum Gasteiger partial charge on any atom is 0.322 e. The number of carbonyl (C=O) groups is 2. The summed E-state index contributed by atoms with van der Waals surface area (Å²) in [5.41, 5.74) is 5.03. The highest BCUT2D eigenvalue weighted by Crippen LogP contribution is 2.03. The molecule has 1 unspecified atom stereocenters. The van der Waals surface area contributed by atoms with Crippen molar-refractivity contribution in [3.05, 3.63) is 0 Å². The Morgan fingerprint density at radius 2 is 2.15 bits per heavy atom. The normalized spacial score (nSPS) is 13.2. The zero-order valence-corrected chi connectivity index (χ0v) is 7.49. The van der Waals surface area contributed by atoms with Crippen molar-refractivity contribution < 1.29 is 24.2 Å². The Labute approximate surface area is 74.8 Å². The van der Waals surface area contributed by atoms with Crippen LogP contribution in [-0.2, 0) is 14.2 Å². The van der Waals surface area contributed by atoms with E-state index in [0.29, 0.717) is 0 Å². The first-order valence-corrected chi connectivity index (χ1v) is 4.66. The summed E-state index contributed by atoms with van der Waals surface area (Å²) < 4.78 is 10.0. The molecule has 0 saturated heterocycles. The van der Waals surface area contributed by atoms with Crippen molar-refractivity contribution in [2.45, 2.75) is 6.04 Å². The summed E-state index contributed by atoms with van der Waals surface area (Å²) in [6.45, 7) is -0.280. The summed E-state index contributed by atoms with van der Waals surface area (Å²) in [6, 6.07) is -1.21. The first-order chi connectivity index (χ1) is 5.93. The lowest BCUT2D eigenvalue weighted by Crippen LogP contribution is -2.43. The van der Waals surface area contributed by atoms with E-state index in [1.54, 1.807) is 0 Å². The third kappa shape index (κ3) is 6.15. The predicted molar refractivity (Wildman–Crippen MR) is 41.1 cm³/mol. The molecule has 0 saturated carbocycles. The summed E-state index contributed by atoms with van der Waals surface area (Å²) in [6.07, 6.45) is -0.651. The number of rotatable bonds is 5. The van der Waals surface area contributed by atoms with Gasteiger partial charge in [0.25, 0.3) is 5.91 Å². The third-order valence-corrected chi connectivity index (χ3v) is 1.65. The Morgan fingerprint density at radius 3 is 2.54 bits per heavy atom. The van der Waals surface area contributed by atoms with Crippen molar-refractivity contribution in [3.8, 4) is 0 Å². The Bertz CT molecular complexity index is 231. The first kappa shape index (κ1) is 12.0. The zero-order chi connectivity index (χ0) is 10.4. The van der Waals surface area contributed by atoms with Crippen LogP contribution in [0.4, 0.5) is 0 Å². The Morgan fingerprint density at radius 1 is 1.62 bits per heavy atom. The second-order valence-corrected chi connectivity index (χ2v) is 3.22. The number of hydrogen-bond acceptors (Lipinski definition) is 5. The van der Waals surface area contributed by atoms with E-state index in [2.05, 4.69) is 5.32 Å². The molecule has 0 aromatic rings. The van der Waals surface area contributed by atoms with Gasteiger partial charge < -0.3 is 21.1 Å². The van der Waals surface area contributed by atoms with Crippen molar-refractivity contribution >= 4 is 19.9 Å². The number of carboxylic acids is 1. The van der Waals surface area contributed by atoms with Crippen LogP contribution in [0, 0.1) is 0 Å². The molecule has 8 heteroatoms. The lowest BCUT2D eigenvalue weighted by atomic mass is 10.3. The van der Waals surface area contributed by atoms with Gasteiger partial charge in [0, 0.05) is 6.54 Å². The molecule has 0 fully saturated rings. The average Bonchev–Trinajstić information content (AvgIpc) is 1.98. The number of hydrogen-bond donors (Lipinski definition) is 3. The topological polar surface area (TPSA) is 133 Å². The Hall–Kier alpha value is -1.04. The summed E-state index contributed by atoms with van der Waals surface area (Å²) in [4.78, 5) is 30.8. The van der Waals surface area contributed by atoms with E-state index in [9.17, 15) is 19.0 Å². The van der Waals surface area contributed by atoms with Crippen LogP contribution in [0.2, 0.25) is 0 Å². The molecule has 13 heavy (non-hydrogen) atoms. The van der Waals surface area contributed by atoms with Crippen molar-refractivity contribution in [3.63, 3.8) is 0 Å². The second-order valence-electron chi connectivity index (χ2n) is 2.24. The molecular formula is C5H9N2O5P. The minimum atomic E-state index is -2.79. The lowest BCUT2D eigenvalue weighted by Gasteiger charge is -2.05. The second kappa shape index (κ2) is 5.58. The monoisotopic (exact) mass is 208 g/mol. The molecule has 74 valence electrons. The highest BCUT2D eigenvalue weighted by Gasteiger charge is 2.15. The molecule has 1 amide bonds. The molecule has 0 aliphatic rings. The molecule has 0 spiro atoms. The molecule has 0 aliphatic carbocycles. The van der Waals surface area contributed by atoms with Crippen molar-refractivity contribution in [1.29, 1.82) is 0 Å². The maximum atomic E-state index is 10.6. The predicted octanol–water partition coefficient (Wildman–Crippen LogP) is -2.38. The first-order valence-electron chi connectivity index (χ1n) is 3.30. The quantitative estimate of drug-likeness (QED) is 0.432. The maximum absolute atomic E-state index is 10.6. The minimum absolute atomic E-state index is 0.280. The van der Waals surface area contributed by atoms with Gasteiger partial charge in [-0.3, -0.25) is 9.59 Å². The van der Waals surface area contributed by atoms with Crippen LogP contribution in [0.25, 0.3) is 0 Å². The Balaban J connectivity index is 3.70. The summed E-state index contributed by atoms with van der Waals surface area (Å²) >= 11 is 0. The van der Waals surface area contributed by atoms with Gasteiger partial charge >= 0.3 is 14.0 Å². The number of carbonyl (C=O) groups excluding carboxylic acids is 1. The molecule has 2 atom stereocenters. The number of amides is 1. The van der Waals surface area contributed by atoms with E-state index in [4.69, 9.17) is 10.8 Å². The molecule has 0 aromatic carbocycles. The van der Waals surface area contributed by atoms with Crippen LogP contribution in [0.1, 0.15) is 0 Å². The standard InChI is InChI=1S/C5H9N2O5P/c6-3(5(9)10)1-7-4(8)2-13(11)12/h3H,1-2,6H2,(H,7,8)(H,9,10)/t3-/m0/s1. The van der Waals surface area contributed by atoms with Gasteiger partial charge in [0.15, 0.2) is 0 Å². The van der Waals surface area contributed by atoms with Crippen molar-refractivity contribution in [2.75, 3.05) is 12.7 Å². The van der Waals surface area contributed by atoms with Crippen LogP contribution in [-0.4, -0.2) is 35.7 Å². The van der Waals surface area contributed by atoms with Gasteiger partial charge in [0.05, 0.1) is 0 Å². The summed E-state index contributed by atoms with van der Waals surface area (Å²) in [5, 5.41) is 10.3. The van der Waals surface area contributed by atoms with E-state index >= 15 is 0 Å². The third-order valence-electron chi connectivity index (χ3n) is 1.11. The van der Waals surface area contributed by atoms with E-state index < -0.39 is 32.1 Å². The van der Waals surface area contributed by atoms with E-state index in [0.717, 1.165) is 0 Å². The fourth-order valence-corrected chi connectivity index (χ4v) is 0.831. The highest BCUT2D eigenvalue weighted by molar-refractivity contribution is 7.37. The largest absolute Gasteiger partial charge is 0.595 e. The van der Waals surface area contributed by atoms with Gasteiger partial charge in [0.2, 0.25) is 6.16 Å². The van der Waals surface area contributed by atoms with Gasteiger partial charge in [-0.1, -0.05) is 4.57 Å². The molecular weight excluding hydrogens is 199 g/mol. The van der Waals surface area contributed by atoms with Crippen molar-refractivity contribution in [2.24, 2.45) is 5.73 Å². The molecule has 7 nitrogen and oxygen atoms in total. The molecule has 0 radical (unpaired) electrons. The fraction of sp³-hybridized carbons (Fsp3) is 0.600. The van der Waals surface area contributed by atoms with Crippen LogP contribution in [0.3, 0.4) is 0 Å². The van der Waals surface area contributed by atoms with Gasteiger partial charge in [-0.15, -0.1) is 0 Å². The smallest absolute Gasteiger partial charge is 0.322 e. The minimum Gasteiger partial charge on any atom is -0.595 e. The van der Waals surface area contributed by atoms with Crippen LogP contribution in [0.15, 0.2) is 0 Å². The molecule has 0 aromatic heterocycles. The zero-order valence-electron chi connectivity index (χ0n) is 6.60. The lowest BCUT2D eigenvalue weighted by molar-refractivity contribution is -0.164. The van der Waals surface area contributed by atoms with Gasteiger partial charge in [0.1, 0.15) is 6.04 Å². The van der Waals surface area contributed by atoms with Crippen LogP contribution in [0.5, 0.6) is 0 Å². The average molecular weight is 208 g/mol. The van der Waals surface area contributed by atoms with Crippen LogP contribution >= 0.6 is 8.03 Å². The van der Waals surface area contributed by atoms with Gasteiger partial charge in [-0.25, -0.2) is 0 Å². The number of nitrogens with one attached hydrogen (secondary N) is 1. The number of aliphatic carboxylic acids is 1. The SMILES string of the molecule is N[C@@H](CNC(=O)C[P+](=O)[O-])C(=O)O. The summed E-state index contributed by atoms with van der Waals surface area (Å²) in [7, 11) is -2.79. The van der Waals surface area contributed by atoms with Crippen molar-refractivity contribution in [1.82, 2.24) is 5.32 Å². The molecule has 0 heterocycles. The molecule has 0 rings (SSSR count). The van der Waals surface area contributed by atoms with E-state index in [1.807, 2.05) is 0 Å². The van der Waals surface area contributed by atoms with E-state index in [-0.39, 0.29) is 6.54 Å². The van der Waals surface area contributed by atoms with Crippen LogP contribution < -0.4 is 15.9 Å². The Kier molecular flexibility index (Phi) is 5.13. The van der Waals surface area contributed by atoms with Gasteiger partial charge in [-0.05, 0) is 0 Å². The number of nitrogens with two attached hydrogens (primary N) is 1.